The molecule has 0 saturated carbocycles. The van der Waals surface area contributed by atoms with Crippen LogP contribution >= 0.6 is 0 Å². The molecular formula is C4H10Ru. The van der Waals surface area contributed by atoms with E-state index in [9.17, 15) is 0 Å². The van der Waals surface area contributed by atoms with E-state index in [0.29, 0.717) is 0 Å². The van der Waals surface area contributed by atoms with Crippen molar-refractivity contribution in [1.82, 2.24) is 0 Å². The van der Waals surface area contributed by atoms with Crippen molar-refractivity contribution in [3.05, 3.63) is 13.8 Å². The first-order chi connectivity index (χ1) is 2.00. The van der Waals surface area contributed by atoms with Crippen LogP contribution in [0.1, 0.15) is 13.8 Å². The van der Waals surface area contributed by atoms with Gasteiger partial charge in [0, 0.05) is 0 Å². The van der Waals surface area contributed by atoms with Crippen LogP contribution in [-0.4, -0.2) is 0 Å². The molecule has 0 bridgehead atoms. The largest absolute Gasteiger partial charge is 2.00 e. The van der Waals surface area contributed by atoms with Crippen LogP contribution in [0.5, 0.6) is 0 Å². The zero-order valence-electron chi connectivity index (χ0n) is 3.77. The van der Waals surface area contributed by atoms with E-state index in [4.69, 9.17) is 0 Å². The third-order valence-corrected chi connectivity index (χ3v) is 0. The molecule has 0 atom stereocenters. The van der Waals surface area contributed by atoms with Crippen LogP contribution in [0.3, 0.4) is 0 Å². The molecule has 0 unspecified atom stereocenters. The van der Waals surface area contributed by atoms with Crippen molar-refractivity contribution >= 4 is 0 Å². The van der Waals surface area contributed by atoms with Gasteiger partial charge in [0.25, 0.3) is 0 Å². The Labute approximate surface area is 47.7 Å². The molecule has 0 aliphatic rings. The van der Waals surface area contributed by atoms with Gasteiger partial charge in [0.1, 0.15) is 0 Å². The molecule has 0 radical (unpaired) electrons. The summed E-state index contributed by atoms with van der Waals surface area (Å²) in [7, 11) is 0. The Kier molecular flexibility index (Phi) is 546. The number of hydrogen-bond donors (Lipinski definition) is 0. The van der Waals surface area contributed by atoms with E-state index in [1.165, 1.54) is 0 Å². The Bertz CT molecular complexity index is 3.61. The maximum Gasteiger partial charge on any atom is 2.00 e. The number of rotatable bonds is 0. The van der Waals surface area contributed by atoms with Gasteiger partial charge in [-0.3, -0.25) is 0 Å². The second-order valence-electron chi connectivity index (χ2n) is 0. The van der Waals surface area contributed by atoms with Crippen LogP contribution in [0.25, 0.3) is 0 Å². The van der Waals surface area contributed by atoms with Gasteiger partial charge in [-0.1, -0.05) is 0 Å². The van der Waals surface area contributed by atoms with Crippen LogP contribution in [0.4, 0.5) is 0 Å². The van der Waals surface area contributed by atoms with Crippen molar-refractivity contribution in [2.75, 3.05) is 0 Å². The van der Waals surface area contributed by atoms with E-state index >= 15 is 0 Å². The Morgan fingerprint density at radius 1 is 0.800 bits per heavy atom. The molecule has 0 aliphatic heterocycles. The van der Waals surface area contributed by atoms with Gasteiger partial charge in [0.2, 0.25) is 0 Å². The van der Waals surface area contributed by atoms with Gasteiger partial charge in [-0.05, 0) is 0 Å². The molecule has 0 saturated heterocycles. The maximum absolute atomic E-state index is 3.25. The molecule has 0 aliphatic carbocycles. The first kappa shape index (κ1) is 17.5. The van der Waals surface area contributed by atoms with Crippen molar-refractivity contribution in [1.29, 1.82) is 0 Å². The van der Waals surface area contributed by atoms with Gasteiger partial charge >= 0.3 is 19.5 Å². The third-order valence-electron chi connectivity index (χ3n) is 0. The molecule has 0 N–H and O–H groups in total. The molecule has 0 spiro atoms. The molecule has 0 amide bonds. The van der Waals surface area contributed by atoms with Crippen LogP contribution in [0.15, 0.2) is 0 Å². The normalized spacial score (nSPS) is 2.40. The molecule has 0 aromatic rings. The van der Waals surface area contributed by atoms with Gasteiger partial charge < -0.3 is 13.8 Å². The van der Waals surface area contributed by atoms with Crippen LogP contribution in [-0.2, 0) is 19.5 Å². The minimum Gasteiger partial charge on any atom is -0.346 e. The summed E-state index contributed by atoms with van der Waals surface area (Å²) in [5.74, 6) is 0. The topological polar surface area (TPSA) is 0 Å². The monoisotopic (exact) mass is 160 g/mol. The fourth-order valence-electron chi connectivity index (χ4n) is 0. The zero-order valence-corrected chi connectivity index (χ0v) is 5.51. The Hall–Kier alpha value is 0.623. The molecule has 0 heterocycles. The van der Waals surface area contributed by atoms with Gasteiger partial charge in [0.15, 0.2) is 0 Å². The van der Waals surface area contributed by atoms with E-state index < -0.39 is 0 Å². The Balaban J connectivity index is -0.0000000133. The summed E-state index contributed by atoms with van der Waals surface area (Å²) < 4.78 is 0. The summed E-state index contributed by atoms with van der Waals surface area (Å²) in [6, 6.07) is 0. The van der Waals surface area contributed by atoms with Gasteiger partial charge in [-0.2, -0.15) is 13.8 Å². The van der Waals surface area contributed by atoms with E-state index in [-0.39, 0.29) is 19.5 Å². The summed E-state index contributed by atoms with van der Waals surface area (Å²) in [5.41, 5.74) is 0. The van der Waals surface area contributed by atoms with Gasteiger partial charge in [-0.15, -0.1) is 0 Å². The van der Waals surface area contributed by atoms with E-state index in [1.807, 2.05) is 0 Å². The van der Waals surface area contributed by atoms with Crippen molar-refractivity contribution in [2.45, 2.75) is 13.8 Å². The van der Waals surface area contributed by atoms with Crippen LogP contribution in [0.2, 0.25) is 0 Å². The fourth-order valence-corrected chi connectivity index (χ4v) is 0. The molecule has 0 aromatic heterocycles. The minimum absolute atomic E-state index is 0. The standard InChI is InChI=1S/2C2H5.Ru/c2*1-2;/h2*1H2,2H3;/q2*-1;+2. The van der Waals surface area contributed by atoms with Crippen LogP contribution in [0, 0.1) is 13.8 Å². The van der Waals surface area contributed by atoms with E-state index in [1.54, 1.807) is 13.8 Å². The Morgan fingerprint density at radius 3 is 0.800 bits per heavy atom. The smallest absolute Gasteiger partial charge is 0.346 e. The third kappa shape index (κ3) is 81.9. The molecule has 0 aromatic carbocycles. The van der Waals surface area contributed by atoms with Crippen molar-refractivity contribution in [3.63, 3.8) is 0 Å². The quantitative estimate of drug-likeness (QED) is 0.372. The minimum atomic E-state index is 0. The van der Waals surface area contributed by atoms with Crippen molar-refractivity contribution in [2.24, 2.45) is 0 Å². The van der Waals surface area contributed by atoms with Gasteiger partial charge in [-0.25, -0.2) is 0 Å². The molecule has 34 valence electrons. The SMILES string of the molecule is [CH2-]C.[CH2-]C.[Ru+2]. The molecule has 0 nitrogen and oxygen atoms in total. The zero-order chi connectivity index (χ0) is 4.00. The van der Waals surface area contributed by atoms with Gasteiger partial charge in [0.05, 0.1) is 0 Å². The average molecular weight is 159 g/mol. The summed E-state index contributed by atoms with van der Waals surface area (Å²) in [6.45, 7) is 10.0. The molecule has 0 fully saturated rings. The van der Waals surface area contributed by atoms with Crippen LogP contribution < -0.4 is 0 Å². The predicted octanol–water partition coefficient (Wildman–Crippen LogP) is 1.68. The first-order valence-corrected chi connectivity index (χ1v) is 1.41. The van der Waals surface area contributed by atoms with E-state index in [2.05, 4.69) is 13.8 Å². The number of hydrogen-bond acceptors (Lipinski definition) is 0. The molecule has 0 rings (SSSR count). The second kappa shape index (κ2) is 156. The second-order valence-corrected chi connectivity index (χ2v) is 0. The van der Waals surface area contributed by atoms with Crippen molar-refractivity contribution in [3.8, 4) is 0 Å². The first-order valence-electron chi connectivity index (χ1n) is 1.41. The summed E-state index contributed by atoms with van der Waals surface area (Å²) in [6.07, 6.45) is 0. The maximum atomic E-state index is 3.25. The summed E-state index contributed by atoms with van der Waals surface area (Å²) in [4.78, 5) is 0. The predicted molar refractivity (Wildman–Crippen MR) is 22.1 cm³/mol. The van der Waals surface area contributed by atoms with E-state index in [0.717, 1.165) is 0 Å². The van der Waals surface area contributed by atoms with Crippen molar-refractivity contribution < 1.29 is 19.5 Å². The molecule has 5 heavy (non-hydrogen) atoms. The Morgan fingerprint density at radius 2 is 0.800 bits per heavy atom. The summed E-state index contributed by atoms with van der Waals surface area (Å²) in [5, 5.41) is 0. The average Bonchev–Trinajstić information content (AvgIpc) is 1.50. The molecular weight excluding hydrogens is 149 g/mol. The summed E-state index contributed by atoms with van der Waals surface area (Å²) >= 11 is 0. The molecule has 1 heteroatoms. The fraction of sp³-hybridized carbons (Fsp3) is 0.500.